The second-order valence-corrected chi connectivity index (χ2v) is 6.90. The van der Waals surface area contributed by atoms with Gasteiger partial charge in [-0.1, -0.05) is 17.3 Å². The molecule has 1 aliphatic rings. The molecule has 4 rings (SSSR count). The van der Waals surface area contributed by atoms with Crippen LogP contribution in [0.5, 0.6) is 0 Å². The molecule has 2 amide bonds. The maximum Gasteiger partial charge on any atom is 0.471 e. The van der Waals surface area contributed by atoms with Gasteiger partial charge in [0.1, 0.15) is 5.69 Å². The predicted octanol–water partition coefficient (Wildman–Crippen LogP) is 1.75. The number of amides is 2. The molecular formula is C19H17F3N6O4. The number of rotatable bonds is 5. The van der Waals surface area contributed by atoms with Crippen LogP contribution in [-0.2, 0) is 10.9 Å². The number of hydrogen-bond donors (Lipinski definition) is 2. The highest BCUT2D eigenvalue weighted by Crippen LogP contribution is 2.29. The zero-order valence-corrected chi connectivity index (χ0v) is 16.4. The van der Waals surface area contributed by atoms with E-state index in [9.17, 15) is 22.8 Å². The van der Waals surface area contributed by atoms with Gasteiger partial charge < -0.3 is 19.5 Å². The molecule has 1 aliphatic heterocycles. The third-order valence-electron chi connectivity index (χ3n) is 4.78. The van der Waals surface area contributed by atoms with Crippen molar-refractivity contribution < 1.29 is 32.0 Å². The van der Waals surface area contributed by atoms with Gasteiger partial charge in [-0.15, -0.1) is 0 Å². The van der Waals surface area contributed by atoms with E-state index in [4.69, 9.17) is 4.74 Å². The molecule has 1 fully saturated rings. The third-order valence-corrected chi connectivity index (χ3v) is 4.78. The normalized spacial score (nSPS) is 16.7. The maximum atomic E-state index is 12.6. The maximum absolute atomic E-state index is 12.6. The third kappa shape index (κ3) is 4.61. The van der Waals surface area contributed by atoms with Crippen molar-refractivity contribution in [3.63, 3.8) is 0 Å². The lowest BCUT2D eigenvalue weighted by molar-refractivity contribution is -0.159. The van der Waals surface area contributed by atoms with Gasteiger partial charge in [-0.05, 0) is 18.2 Å². The number of halogens is 3. The molecule has 1 saturated heterocycles. The predicted molar refractivity (Wildman–Crippen MR) is 101 cm³/mol. The summed E-state index contributed by atoms with van der Waals surface area (Å²) in [5.41, 5.74) is 0.807. The lowest BCUT2D eigenvalue weighted by Gasteiger charge is -2.35. The van der Waals surface area contributed by atoms with Crippen LogP contribution in [0.4, 0.5) is 13.2 Å². The molecule has 0 radical (unpaired) electrons. The number of nitrogens with one attached hydrogen (secondary N) is 2. The Labute approximate surface area is 178 Å². The Balaban J connectivity index is 1.38. The van der Waals surface area contributed by atoms with Crippen molar-refractivity contribution in [2.24, 2.45) is 0 Å². The first-order valence-corrected chi connectivity index (χ1v) is 9.51. The Kier molecular flexibility index (Phi) is 5.90. The fraction of sp³-hybridized carbons (Fsp3) is 0.316. The van der Waals surface area contributed by atoms with E-state index in [-0.39, 0.29) is 47.7 Å². The highest BCUT2D eigenvalue weighted by molar-refractivity contribution is 5.95. The van der Waals surface area contributed by atoms with E-state index in [1.54, 1.807) is 17.2 Å². The number of aromatic nitrogens is 4. The van der Waals surface area contributed by atoms with Crippen molar-refractivity contribution in [3.8, 4) is 11.4 Å². The molecule has 0 unspecified atom stereocenters. The summed E-state index contributed by atoms with van der Waals surface area (Å²) in [4.78, 5) is 30.0. The second kappa shape index (κ2) is 8.78. The number of ether oxygens (including phenoxy) is 1. The van der Waals surface area contributed by atoms with Crippen LogP contribution in [0, 0.1) is 0 Å². The summed E-state index contributed by atoms with van der Waals surface area (Å²) in [5, 5.41) is 12.5. The summed E-state index contributed by atoms with van der Waals surface area (Å²) in [5.74, 6) is -2.37. The summed E-state index contributed by atoms with van der Waals surface area (Å²) in [6.45, 7) is 1.16. The summed E-state index contributed by atoms with van der Waals surface area (Å²) < 4.78 is 47.4. The summed E-state index contributed by atoms with van der Waals surface area (Å²) in [7, 11) is 0. The van der Waals surface area contributed by atoms with Crippen LogP contribution in [0.15, 0.2) is 41.1 Å². The number of carbonyl (C=O) groups is 2. The molecule has 0 spiro atoms. The molecule has 13 heteroatoms. The number of alkyl halides is 3. The van der Waals surface area contributed by atoms with E-state index < -0.39 is 18.0 Å². The summed E-state index contributed by atoms with van der Waals surface area (Å²) >= 11 is 0. The van der Waals surface area contributed by atoms with Crippen molar-refractivity contribution in [2.75, 3.05) is 26.3 Å². The monoisotopic (exact) mass is 450 g/mol. The average Bonchev–Trinajstić information content (AvgIpc) is 3.50. The minimum atomic E-state index is -4.74. The molecular weight excluding hydrogens is 433 g/mol. The molecule has 1 aromatic carbocycles. The fourth-order valence-electron chi connectivity index (χ4n) is 3.16. The first-order valence-electron chi connectivity index (χ1n) is 9.51. The molecule has 10 nitrogen and oxygen atoms in total. The number of morpholine rings is 1. The quantitative estimate of drug-likeness (QED) is 0.607. The van der Waals surface area contributed by atoms with Gasteiger partial charge in [0.2, 0.25) is 5.82 Å². The number of aromatic amines is 1. The van der Waals surface area contributed by atoms with Gasteiger partial charge in [0.25, 0.3) is 11.8 Å². The first kappa shape index (κ1) is 21.5. The summed E-state index contributed by atoms with van der Waals surface area (Å²) in [6.07, 6.45) is -3.19. The van der Waals surface area contributed by atoms with Crippen molar-refractivity contribution in [2.45, 2.75) is 12.2 Å². The van der Waals surface area contributed by atoms with Crippen LogP contribution in [-0.4, -0.2) is 69.4 Å². The minimum Gasteiger partial charge on any atom is -0.377 e. The van der Waals surface area contributed by atoms with E-state index >= 15 is 0 Å². The number of hydrogen-bond acceptors (Lipinski definition) is 7. The van der Waals surface area contributed by atoms with Crippen LogP contribution in [0.25, 0.3) is 11.4 Å². The lowest BCUT2D eigenvalue weighted by Crippen LogP contribution is -2.53. The Morgan fingerprint density at radius 2 is 2.00 bits per heavy atom. The Morgan fingerprint density at radius 3 is 2.66 bits per heavy atom. The van der Waals surface area contributed by atoms with E-state index in [0.717, 1.165) is 0 Å². The molecule has 168 valence electrons. The van der Waals surface area contributed by atoms with Gasteiger partial charge in [-0.2, -0.15) is 23.3 Å². The van der Waals surface area contributed by atoms with Gasteiger partial charge >= 0.3 is 12.1 Å². The van der Waals surface area contributed by atoms with Gasteiger partial charge in [0.15, 0.2) is 0 Å². The van der Waals surface area contributed by atoms with Gasteiger partial charge in [0, 0.05) is 30.4 Å². The largest absolute Gasteiger partial charge is 0.471 e. The number of nitrogens with zero attached hydrogens (tertiary/aromatic N) is 4. The minimum absolute atomic E-state index is 0.149. The fourth-order valence-corrected chi connectivity index (χ4v) is 3.16. The van der Waals surface area contributed by atoms with Crippen LogP contribution in [0.2, 0.25) is 0 Å². The zero-order chi connectivity index (χ0) is 22.7. The summed E-state index contributed by atoms with van der Waals surface area (Å²) in [6, 6.07) is 6.87. The van der Waals surface area contributed by atoms with Crippen LogP contribution >= 0.6 is 0 Å². The molecule has 32 heavy (non-hydrogen) atoms. The molecule has 0 saturated carbocycles. The Hall–Kier alpha value is -3.74. The smallest absolute Gasteiger partial charge is 0.377 e. The molecule has 0 aliphatic carbocycles. The van der Waals surface area contributed by atoms with E-state index in [1.807, 2.05) is 0 Å². The van der Waals surface area contributed by atoms with Gasteiger partial charge in [-0.25, -0.2) is 0 Å². The van der Waals surface area contributed by atoms with Crippen LogP contribution < -0.4 is 5.32 Å². The molecule has 3 aromatic rings. The standard InChI is InChI=1S/C19H17F3N6O4/c20-19(21,22)18-25-15(27-32-18)11-1-3-12(4-2-11)16(29)23-9-13-10-31-8-7-28(13)17(30)14-5-6-24-26-14/h1-6,13H,7-10H2,(H,23,29)(H,24,26)/t13-/m0/s1. The van der Waals surface area contributed by atoms with E-state index in [2.05, 4.69) is 30.2 Å². The number of benzene rings is 1. The van der Waals surface area contributed by atoms with E-state index in [0.29, 0.717) is 13.2 Å². The zero-order valence-electron chi connectivity index (χ0n) is 16.4. The lowest BCUT2D eigenvalue weighted by atomic mass is 10.1. The first-order chi connectivity index (χ1) is 15.3. The van der Waals surface area contributed by atoms with Crippen molar-refractivity contribution >= 4 is 11.8 Å². The Bertz CT molecular complexity index is 1080. The molecule has 2 aromatic heterocycles. The van der Waals surface area contributed by atoms with Gasteiger partial charge in [0.05, 0.1) is 19.3 Å². The van der Waals surface area contributed by atoms with Crippen molar-refractivity contribution in [1.29, 1.82) is 0 Å². The molecule has 1 atom stereocenters. The number of carbonyl (C=O) groups excluding carboxylic acids is 2. The van der Waals surface area contributed by atoms with Crippen molar-refractivity contribution in [3.05, 3.63) is 53.7 Å². The SMILES string of the molecule is O=C(NC[C@H]1COCCN1C(=O)c1cc[nH]n1)c1ccc(-c2noc(C(F)(F)F)n2)cc1. The second-order valence-electron chi connectivity index (χ2n) is 6.90. The topological polar surface area (TPSA) is 126 Å². The van der Waals surface area contributed by atoms with Crippen LogP contribution in [0.3, 0.4) is 0 Å². The molecule has 2 N–H and O–H groups in total. The van der Waals surface area contributed by atoms with Crippen molar-refractivity contribution in [1.82, 2.24) is 30.6 Å². The molecule has 0 bridgehead atoms. The van der Waals surface area contributed by atoms with Crippen LogP contribution in [0.1, 0.15) is 26.7 Å². The highest BCUT2D eigenvalue weighted by atomic mass is 19.4. The Morgan fingerprint density at radius 1 is 1.22 bits per heavy atom. The van der Waals surface area contributed by atoms with Gasteiger partial charge in [-0.3, -0.25) is 14.7 Å². The van der Waals surface area contributed by atoms with E-state index in [1.165, 1.54) is 24.3 Å². The highest BCUT2D eigenvalue weighted by Gasteiger charge is 2.38. The average molecular weight is 450 g/mol. The number of H-pyrrole nitrogens is 1. The molecule has 3 heterocycles.